The van der Waals surface area contributed by atoms with Gasteiger partial charge in [-0.25, -0.2) is 4.79 Å². The topological polar surface area (TPSA) is 81.4 Å². The van der Waals surface area contributed by atoms with Crippen LogP contribution in [0.25, 0.3) is 0 Å². The molecule has 0 spiro atoms. The monoisotopic (exact) mass is 186 g/mol. The number of rotatable bonds is 6. The van der Waals surface area contributed by atoms with E-state index in [1.54, 1.807) is 6.92 Å². The summed E-state index contributed by atoms with van der Waals surface area (Å²) >= 11 is 0. The minimum atomic E-state index is -0.475. The van der Waals surface area contributed by atoms with Crippen LogP contribution in [0.1, 0.15) is 6.92 Å². The maximum Gasteiger partial charge on any atom is 0.334 e. The molecule has 0 aliphatic heterocycles. The molecule has 0 aromatic carbocycles. The third-order valence-electron chi connectivity index (χ3n) is 1.20. The number of nitrogens with two attached hydrogens (primary N) is 1. The summed E-state index contributed by atoms with van der Waals surface area (Å²) in [6.07, 6.45) is 0. The third-order valence-corrected chi connectivity index (χ3v) is 1.20. The van der Waals surface area contributed by atoms with E-state index in [-0.39, 0.29) is 18.7 Å². The highest BCUT2D eigenvalue weighted by atomic mass is 16.5. The molecule has 1 amide bonds. The van der Waals surface area contributed by atoms with Gasteiger partial charge in [0.1, 0.15) is 0 Å². The molecule has 0 radical (unpaired) electrons. The number of primary amides is 1. The fourth-order valence-corrected chi connectivity index (χ4v) is 0.642. The molecule has 0 rings (SSSR count). The molecule has 0 saturated heterocycles. The average molecular weight is 186 g/mol. The van der Waals surface area contributed by atoms with E-state index >= 15 is 0 Å². The lowest BCUT2D eigenvalue weighted by Gasteiger charge is -2.05. The number of hydrogen-bond acceptors (Lipinski definition) is 4. The first kappa shape index (κ1) is 11.6. The third kappa shape index (κ3) is 5.86. The fraction of sp³-hybridized carbons (Fsp3) is 0.500. The van der Waals surface area contributed by atoms with Gasteiger partial charge in [-0.1, -0.05) is 6.58 Å². The highest BCUT2D eigenvalue weighted by molar-refractivity contribution is 5.88. The average Bonchev–Trinajstić information content (AvgIpc) is 2.04. The van der Waals surface area contributed by atoms with Crippen LogP contribution in [0.2, 0.25) is 0 Å². The first-order chi connectivity index (χ1) is 6.07. The lowest BCUT2D eigenvalue weighted by molar-refractivity contribution is -0.138. The number of hydrogen-bond donors (Lipinski definition) is 2. The predicted octanol–water partition coefficient (Wildman–Crippen LogP) is -0.819. The van der Waals surface area contributed by atoms with Crippen molar-refractivity contribution in [2.45, 2.75) is 6.92 Å². The number of amides is 1. The maximum absolute atomic E-state index is 10.9. The van der Waals surface area contributed by atoms with Crippen LogP contribution < -0.4 is 11.1 Å². The van der Waals surface area contributed by atoms with E-state index in [1.807, 2.05) is 0 Å². The number of carbonyl (C=O) groups excluding carboxylic acids is 2. The lowest BCUT2D eigenvalue weighted by atomic mass is 10.3. The van der Waals surface area contributed by atoms with Crippen molar-refractivity contribution >= 4 is 11.9 Å². The summed E-state index contributed by atoms with van der Waals surface area (Å²) in [5.41, 5.74) is 5.15. The maximum atomic E-state index is 10.9. The predicted molar refractivity (Wildman–Crippen MR) is 47.8 cm³/mol. The zero-order valence-electron chi connectivity index (χ0n) is 7.63. The van der Waals surface area contributed by atoms with Crippen molar-refractivity contribution in [3.8, 4) is 0 Å². The number of ether oxygens (including phenoxy) is 1. The van der Waals surface area contributed by atoms with Gasteiger partial charge in [0.05, 0.1) is 13.2 Å². The van der Waals surface area contributed by atoms with E-state index in [9.17, 15) is 9.59 Å². The highest BCUT2D eigenvalue weighted by Crippen LogP contribution is 1.91. The summed E-state index contributed by atoms with van der Waals surface area (Å²) in [4.78, 5) is 21.2. The Morgan fingerprint density at radius 1 is 1.46 bits per heavy atom. The van der Waals surface area contributed by atoms with E-state index in [1.165, 1.54) is 0 Å². The quantitative estimate of drug-likeness (QED) is 0.419. The molecule has 0 atom stereocenters. The van der Waals surface area contributed by atoms with Crippen LogP contribution in [0.5, 0.6) is 0 Å². The van der Waals surface area contributed by atoms with Crippen LogP contribution in [-0.2, 0) is 14.3 Å². The summed E-state index contributed by atoms with van der Waals surface area (Å²) in [7, 11) is 0. The van der Waals surface area contributed by atoms with Gasteiger partial charge >= 0.3 is 5.97 Å². The Kier molecular flexibility index (Phi) is 5.54. The summed E-state index contributed by atoms with van der Waals surface area (Å²) in [5, 5.41) is 2.65. The van der Waals surface area contributed by atoms with Crippen LogP contribution in [0, 0.1) is 0 Å². The molecular formula is C8H14N2O3. The van der Waals surface area contributed by atoms with Gasteiger partial charge in [-0.3, -0.25) is 4.79 Å². The first-order valence-corrected chi connectivity index (χ1v) is 3.91. The second kappa shape index (κ2) is 6.19. The Morgan fingerprint density at radius 3 is 2.54 bits per heavy atom. The van der Waals surface area contributed by atoms with Gasteiger partial charge in [-0.15, -0.1) is 0 Å². The Labute approximate surface area is 76.9 Å². The minimum Gasteiger partial charge on any atom is -0.463 e. The molecule has 3 N–H and O–H groups in total. The Morgan fingerprint density at radius 2 is 2.08 bits per heavy atom. The molecule has 0 aliphatic carbocycles. The molecule has 0 heterocycles. The second-order valence-electron chi connectivity index (χ2n) is 2.39. The molecule has 5 nitrogen and oxygen atoms in total. The summed E-state index contributed by atoms with van der Waals surface area (Å²) in [5.74, 6) is -0.934. The van der Waals surface area contributed by atoms with Crippen molar-refractivity contribution in [2.75, 3.05) is 19.7 Å². The Bertz CT molecular complexity index is 213. The Balaban J connectivity index is 3.62. The van der Waals surface area contributed by atoms with Gasteiger partial charge in [-0.05, 0) is 6.92 Å². The minimum absolute atomic E-state index is 0.0262. The second-order valence-corrected chi connectivity index (χ2v) is 2.39. The molecule has 74 valence electrons. The van der Waals surface area contributed by atoms with E-state index in [2.05, 4.69) is 16.6 Å². The van der Waals surface area contributed by atoms with Crippen molar-refractivity contribution < 1.29 is 14.3 Å². The molecule has 0 aromatic rings. The van der Waals surface area contributed by atoms with Crippen molar-refractivity contribution in [2.24, 2.45) is 5.73 Å². The zero-order chi connectivity index (χ0) is 10.3. The Hall–Kier alpha value is -1.36. The van der Waals surface area contributed by atoms with Gasteiger partial charge in [-0.2, -0.15) is 0 Å². The van der Waals surface area contributed by atoms with Gasteiger partial charge in [0.2, 0.25) is 5.91 Å². The van der Waals surface area contributed by atoms with Crippen molar-refractivity contribution in [1.82, 2.24) is 5.32 Å². The molecule has 0 unspecified atom stereocenters. The summed E-state index contributed by atoms with van der Waals surface area (Å²) in [6.45, 7) is 5.74. The summed E-state index contributed by atoms with van der Waals surface area (Å²) in [6, 6.07) is 0. The SMILES string of the molecule is C=C(CNCC(N)=O)C(=O)OCC. The molecule has 0 bridgehead atoms. The summed E-state index contributed by atoms with van der Waals surface area (Å²) < 4.78 is 4.67. The van der Waals surface area contributed by atoms with Crippen LogP contribution >= 0.6 is 0 Å². The van der Waals surface area contributed by atoms with Crippen LogP contribution in [0.3, 0.4) is 0 Å². The largest absolute Gasteiger partial charge is 0.463 e. The van der Waals surface area contributed by atoms with Crippen LogP contribution in [0.15, 0.2) is 12.2 Å². The molecule has 0 fully saturated rings. The van der Waals surface area contributed by atoms with Gasteiger partial charge in [0.15, 0.2) is 0 Å². The molecule has 13 heavy (non-hydrogen) atoms. The van der Waals surface area contributed by atoms with E-state index in [0.29, 0.717) is 6.61 Å². The molecule has 0 aliphatic rings. The highest BCUT2D eigenvalue weighted by Gasteiger charge is 2.06. The normalized spacial score (nSPS) is 9.31. The molecular weight excluding hydrogens is 172 g/mol. The van der Waals surface area contributed by atoms with Crippen molar-refractivity contribution in [3.05, 3.63) is 12.2 Å². The first-order valence-electron chi connectivity index (χ1n) is 3.91. The van der Waals surface area contributed by atoms with Crippen LogP contribution in [-0.4, -0.2) is 31.6 Å². The van der Waals surface area contributed by atoms with Gasteiger partial charge in [0.25, 0.3) is 0 Å². The smallest absolute Gasteiger partial charge is 0.334 e. The molecule has 5 heteroatoms. The molecule has 0 aromatic heterocycles. The van der Waals surface area contributed by atoms with Crippen molar-refractivity contribution in [3.63, 3.8) is 0 Å². The lowest BCUT2D eigenvalue weighted by Crippen LogP contribution is -2.31. The zero-order valence-corrected chi connectivity index (χ0v) is 7.63. The van der Waals surface area contributed by atoms with Gasteiger partial charge < -0.3 is 15.8 Å². The van der Waals surface area contributed by atoms with Crippen molar-refractivity contribution in [1.29, 1.82) is 0 Å². The molecule has 0 saturated carbocycles. The standard InChI is InChI=1S/C8H14N2O3/c1-3-13-8(12)6(2)4-10-5-7(9)11/h10H,2-5H2,1H3,(H2,9,11). The number of esters is 1. The van der Waals surface area contributed by atoms with Gasteiger partial charge in [0, 0.05) is 12.1 Å². The van der Waals surface area contributed by atoms with E-state index in [0.717, 1.165) is 0 Å². The number of carbonyl (C=O) groups is 2. The van der Waals surface area contributed by atoms with Crippen LogP contribution in [0.4, 0.5) is 0 Å². The fourth-order valence-electron chi connectivity index (χ4n) is 0.642. The number of nitrogens with one attached hydrogen (secondary N) is 1. The van der Waals surface area contributed by atoms with E-state index in [4.69, 9.17) is 5.73 Å². The van der Waals surface area contributed by atoms with E-state index < -0.39 is 11.9 Å².